The number of hydrogen-bond acceptors (Lipinski definition) is 5. The molecule has 18 heavy (non-hydrogen) atoms. The molecular weight excluding hydrogens is 256 g/mol. The molecule has 1 atom stereocenters. The Balaban J connectivity index is 2.75. The van der Waals surface area contributed by atoms with Gasteiger partial charge in [-0.25, -0.2) is 0 Å². The van der Waals surface area contributed by atoms with Crippen LogP contribution in [0, 0.1) is 0 Å². The number of aliphatic carboxylic acids is 1. The summed E-state index contributed by atoms with van der Waals surface area (Å²) >= 11 is 1.12. The summed E-state index contributed by atoms with van der Waals surface area (Å²) in [6.07, 6.45) is 0. The number of carboxylic acids is 1. The SMILES string of the molecule is CC(=O)Nc1ccc(O)c(SC[C@@H](N)C(=O)O)c1. The number of nitrogens with two attached hydrogens (primary N) is 1. The third-order valence-electron chi connectivity index (χ3n) is 2.02. The summed E-state index contributed by atoms with van der Waals surface area (Å²) in [6.45, 7) is 1.38. The highest BCUT2D eigenvalue weighted by Gasteiger charge is 2.13. The van der Waals surface area contributed by atoms with Crippen LogP contribution in [0.3, 0.4) is 0 Å². The molecule has 0 bridgehead atoms. The fourth-order valence-corrected chi connectivity index (χ4v) is 2.09. The largest absolute Gasteiger partial charge is 0.507 e. The molecule has 0 spiro atoms. The van der Waals surface area contributed by atoms with Crippen molar-refractivity contribution in [3.05, 3.63) is 18.2 Å². The van der Waals surface area contributed by atoms with Crippen molar-refractivity contribution >= 4 is 29.3 Å². The first-order valence-electron chi connectivity index (χ1n) is 5.12. The highest BCUT2D eigenvalue weighted by atomic mass is 32.2. The number of phenolic OH excluding ortho intramolecular Hbond substituents is 1. The Bertz CT molecular complexity index is 464. The predicted molar refractivity (Wildman–Crippen MR) is 68.7 cm³/mol. The number of carboxylic acid groups (broad SMARTS) is 1. The average Bonchev–Trinajstić information content (AvgIpc) is 2.28. The molecule has 0 radical (unpaired) electrons. The van der Waals surface area contributed by atoms with Crippen molar-refractivity contribution in [2.24, 2.45) is 5.73 Å². The highest BCUT2D eigenvalue weighted by molar-refractivity contribution is 7.99. The molecule has 1 amide bonds. The minimum atomic E-state index is -1.10. The lowest BCUT2D eigenvalue weighted by Gasteiger charge is -2.09. The van der Waals surface area contributed by atoms with Gasteiger partial charge in [0.05, 0.1) is 4.90 Å². The van der Waals surface area contributed by atoms with E-state index in [1.54, 1.807) is 12.1 Å². The second kappa shape index (κ2) is 6.27. The van der Waals surface area contributed by atoms with Gasteiger partial charge in [0.25, 0.3) is 0 Å². The summed E-state index contributed by atoms with van der Waals surface area (Å²) < 4.78 is 0. The molecule has 5 N–H and O–H groups in total. The van der Waals surface area contributed by atoms with Crippen LogP contribution >= 0.6 is 11.8 Å². The van der Waals surface area contributed by atoms with E-state index in [0.29, 0.717) is 10.6 Å². The van der Waals surface area contributed by atoms with E-state index in [2.05, 4.69) is 5.32 Å². The number of hydrogen-bond donors (Lipinski definition) is 4. The summed E-state index contributed by atoms with van der Waals surface area (Å²) in [7, 11) is 0. The molecule has 7 heteroatoms. The van der Waals surface area contributed by atoms with Crippen LogP contribution in [0.25, 0.3) is 0 Å². The Kier molecular flexibility index (Phi) is 4.99. The van der Waals surface area contributed by atoms with Crippen molar-refractivity contribution < 1.29 is 19.8 Å². The molecule has 0 saturated carbocycles. The summed E-state index contributed by atoms with van der Waals surface area (Å²) in [5.74, 6) is -1.17. The van der Waals surface area contributed by atoms with Crippen molar-refractivity contribution in [3.63, 3.8) is 0 Å². The molecule has 1 aromatic rings. The normalized spacial score (nSPS) is 11.9. The number of carbonyl (C=O) groups is 2. The van der Waals surface area contributed by atoms with Crippen molar-refractivity contribution in [1.82, 2.24) is 0 Å². The van der Waals surface area contributed by atoms with Crippen LogP contribution in [0.2, 0.25) is 0 Å². The smallest absolute Gasteiger partial charge is 0.321 e. The summed E-state index contributed by atoms with van der Waals surface area (Å²) in [4.78, 5) is 21.9. The van der Waals surface area contributed by atoms with E-state index in [1.165, 1.54) is 13.0 Å². The first-order chi connectivity index (χ1) is 8.40. The van der Waals surface area contributed by atoms with Gasteiger partial charge in [-0.15, -0.1) is 11.8 Å². The molecular formula is C11H14N2O4S. The quantitative estimate of drug-likeness (QED) is 0.466. The predicted octanol–water partition coefficient (Wildman–Crippen LogP) is 0.855. The summed E-state index contributed by atoms with van der Waals surface area (Å²) in [5.41, 5.74) is 5.90. The monoisotopic (exact) mass is 270 g/mol. The second-order valence-electron chi connectivity index (χ2n) is 3.62. The Morgan fingerprint density at radius 1 is 1.50 bits per heavy atom. The standard InChI is InChI=1S/C11H14N2O4S/c1-6(14)13-7-2-3-9(15)10(4-7)18-5-8(12)11(16)17/h2-4,8,15H,5,12H2,1H3,(H,13,14)(H,16,17)/t8-/m1/s1. The van der Waals surface area contributed by atoms with Crippen molar-refractivity contribution in [3.8, 4) is 5.75 Å². The molecule has 0 aliphatic heterocycles. The van der Waals surface area contributed by atoms with Crippen molar-refractivity contribution in [2.75, 3.05) is 11.1 Å². The lowest BCUT2D eigenvalue weighted by molar-refractivity contribution is -0.137. The Morgan fingerprint density at radius 3 is 2.72 bits per heavy atom. The fourth-order valence-electron chi connectivity index (χ4n) is 1.16. The van der Waals surface area contributed by atoms with Gasteiger partial charge >= 0.3 is 5.97 Å². The lowest BCUT2D eigenvalue weighted by atomic mass is 10.3. The molecule has 0 fully saturated rings. The van der Waals surface area contributed by atoms with E-state index < -0.39 is 12.0 Å². The maximum atomic E-state index is 10.9. The number of carbonyl (C=O) groups excluding carboxylic acids is 1. The first kappa shape index (κ1) is 14.3. The molecule has 0 unspecified atom stereocenters. The van der Waals surface area contributed by atoms with Crippen LogP contribution in [0.1, 0.15) is 6.92 Å². The van der Waals surface area contributed by atoms with Crippen molar-refractivity contribution in [1.29, 1.82) is 0 Å². The second-order valence-corrected chi connectivity index (χ2v) is 4.68. The number of anilines is 1. The van der Waals surface area contributed by atoms with Crippen LogP contribution in [0.5, 0.6) is 5.75 Å². The molecule has 6 nitrogen and oxygen atoms in total. The van der Waals surface area contributed by atoms with E-state index in [9.17, 15) is 14.7 Å². The van der Waals surface area contributed by atoms with Gasteiger partial charge in [-0.1, -0.05) is 0 Å². The zero-order valence-corrected chi connectivity index (χ0v) is 10.5. The minimum Gasteiger partial charge on any atom is -0.507 e. The van der Waals surface area contributed by atoms with E-state index in [0.717, 1.165) is 11.8 Å². The number of phenols is 1. The maximum absolute atomic E-state index is 10.9. The van der Waals surface area contributed by atoms with E-state index in [1.807, 2.05) is 0 Å². The van der Waals surface area contributed by atoms with Gasteiger partial charge in [-0.2, -0.15) is 0 Å². The van der Waals surface area contributed by atoms with Gasteiger partial charge in [-0.3, -0.25) is 9.59 Å². The topological polar surface area (TPSA) is 113 Å². The first-order valence-corrected chi connectivity index (χ1v) is 6.10. The molecule has 1 rings (SSSR count). The zero-order chi connectivity index (χ0) is 13.7. The molecule has 0 aliphatic carbocycles. The lowest BCUT2D eigenvalue weighted by Crippen LogP contribution is -2.32. The third-order valence-corrected chi connectivity index (χ3v) is 3.18. The average molecular weight is 270 g/mol. The van der Waals surface area contributed by atoms with E-state index in [-0.39, 0.29) is 17.4 Å². The van der Waals surface area contributed by atoms with Crippen LogP contribution < -0.4 is 11.1 Å². The molecule has 0 saturated heterocycles. The Labute approximate surface area is 108 Å². The molecule has 1 aromatic carbocycles. The van der Waals surface area contributed by atoms with Crippen LogP contribution in [-0.4, -0.2) is 33.9 Å². The number of aromatic hydroxyl groups is 1. The van der Waals surface area contributed by atoms with Crippen LogP contribution in [0.15, 0.2) is 23.1 Å². The molecule has 0 aromatic heterocycles. The molecule has 98 valence electrons. The Hall–Kier alpha value is -1.73. The molecule has 0 aliphatic rings. The van der Waals surface area contributed by atoms with Crippen LogP contribution in [-0.2, 0) is 9.59 Å². The maximum Gasteiger partial charge on any atom is 0.321 e. The van der Waals surface area contributed by atoms with Crippen LogP contribution in [0.4, 0.5) is 5.69 Å². The highest BCUT2D eigenvalue weighted by Crippen LogP contribution is 2.31. The number of nitrogens with one attached hydrogen (secondary N) is 1. The van der Waals surface area contributed by atoms with Gasteiger partial charge in [0.2, 0.25) is 5.91 Å². The Morgan fingerprint density at radius 2 is 2.17 bits per heavy atom. The number of amides is 1. The number of thioether (sulfide) groups is 1. The van der Waals surface area contributed by atoms with Gasteiger partial charge in [-0.05, 0) is 18.2 Å². The van der Waals surface area contributed by atoms with E-state index in [4.69, 9.17) is 10.8 Å². The zero-order valence-electron chi connectivity index (χ0n) is 9.71. The van der Waals surface area contributed by atoms with Gasteiger partial charge < -0.3 is 21.3 Å². The van der Waals surface area contributed by atoms with E-state index >= 15 is 0 Å². The third kappa shape index (κ3) is 4.27. The summed E-state index contributed by atoms with van der Waals surface area (Å²) in [6, 6.07) is 3.55. The number of rotatable bonds is 5. The molecule has 0 heterocycles. The van der Waals surface area contributed by atoms with Gasteiger partial charge in [0.1, 0.15) is 11.8 Å². The van der Waals surface area contributed by atoms with Crippen molar-refractivity contribution in [2.45, 2.75) is 17.9 Å². The summed E-state index contributed by atoms with van der Waals surface area (Å²) in [5, 5.41) is 20.8. The fraction of sp³-hybridized carbons (Fsp3) is 0.273. The van der Waals surface area contributed by atoms with Gasteiger partial charge in [0, 0.05) is 18.4 Å². The van der Waals surface area contributed by atoms with Gasteiger partial charge in [0.15, 0.2) is 0 Å². The minimum absolute atomic E-state index is 0.0201. The number of benzene rings is 1.